The number of hydrogen-bond acceptors (Lipinski definition) is 3. The van der Waals surface area contributed by atoms with E-state index in [0.717, 1.165) is 36.1 Å². The van der Waals surface area contributed by atoms with Crippen LogP contribution in [-0.4, -0.2) is 27.8 Å². The molecule has 2 aromatic carbocycles. The second-order valence-corrected chi connectivity index (χ2v) is 7.64. The summed E-state index contributed by atoms with van der Waals surface area (Å²) in [6, 6.07) is 14.8. The number of aromatic nitrogens is 2. The molecule has 4 rings (SSSR count). The number of para-hydroxylation sites is 2. The molecule has 0 unspecified atom stereocenters. The Morgan fingerprint density at radius 1 is 1.11 bits per heavy atom. The first-order chi connectivity index (χ1) is 13.6. The highest BCUT2D eigenvalue weighted by Crippen LogP contribution is 2.28. The van der Waals surface area contributed by atoms with Gasteiger partial charge in [0.25, 0.3) is 0 Å². The quantitative estimate of drug-likeness (QED) is 0.462. The molecule has 1 aliphatic carbocycles. The molecule has 6 heteroatoms. The van der Waals surface area contributed by atoms with Gasteiger partial charge in [0.15, 0.2) is 5.78 Å². The van der Waals surface area contributed by atoms with Crippen molar-refractivity contribution >= 4 is 34.3 Å². The van der Waals surface area contributed by atoms with Crippen molar-refractivity contribution in [2.24, 2.45) is 5.92 Å². The monoisotopic (exact) mass is 395 g/mol. The number of imidazole rings is 1. The highest BCUT2D eigenvalue weighted by atomic mass is 35.5. The highest BCUT2D eigenvalue weighted by Gasteiger charge is 2.29. The Kier molecular flexibility index (Phi) is 5.44. The third-order valence-corrected chi connectivity index (χ3v) is 5.28. The number of carbonyl (C=O) groups is 2. The fourth-order valence-corrected chi connectivity index (χ4v) is 3.44. The van der Waals surface area contributed by atoms with E-state index in [0.29, 0.717) is 23.6 Å². The van der Waals surface area contributed by atoms with Crippen LogP contribution in [0.25, 0.3) is 11.0 Å². The number of benzene rings is 2. The van der Waals surface area contributed by atoms with E-state index in [1.807, 2.05) is 28.8 Å². The number of rotatable bonds is 8. The number of hydrogen-bond donors (Lipinski definition) is 1. The van der Waals surface area contributed by atoms with Gasteiger partial charge in [-0.15, -0.1) is 0 Å². The zero-order chi connectivity index (χ0) is 19.5. The topological polar surface area (TPSA) is 64.0 Å². The molecule has 1 fully saturated rings. The summed E-state index contributed by atoms with van der Waals surface area (Å²) in [6.45, 7) is 0.857. The molecular weight excluding hydrogens is 374 g/mol. The van der Waals surface area contributed by atoms with Crippen LogP contribution in [0.5, 0.6) is 0 Å². The van der Waals surface area contributed by atoms with Gasteiger partial charge in [0.05, 0.1) is 17.6 Å². The van der Waals surface area contributed by atoms with E-state index < -0.39 is 0 Å². The molecule has 1 aromatic heterocycles. The number of amides is 1. The first-order valence-electron chi connectivity index (χ1n) is 9.62. The molecule has 0 spiro atoms. The van der Waals surface area contributed by atoms with E-state index in [4.69, 9.17) is 16.6 Å². The summed E-state index contributed by atoms with van der Waals surface area (Å²) >= 11 is 5.92. The first-order valence-corrected chi connectivity index (χ1v) is 10.0. The predicted octanol–water partition coefficient (Wildman–Crippen LogP) is 4.03. The maximum atomic E-state index is 12.8. The van der Waals surface area contributed by atoms with Crippen LogP contribution in [0.3, 0.4) is 0 Å². The molecule has 1 heterocycles. The van der Waals surface area contributed by atoms with E-state index in [9.17, 15) is 9.59 Å². The van der Waals surface area contributed by atoms with E-state index in [-0.39, 0.29) is 24.2 Å². The molecule has 0 radical (unpaired) electrons. The van der Waals surface area contributed by atoms with Crippen molar-refractivity contribution in [1.82, 2.24) is 14.9 Å². The first kappa shape index (κ1) is 18.7. The molecule has 0 bridgehead atoms. The lowest BCUT2D eigenvalue weighted by Gasteiger charge is -2.09. The molecular formula is C22H22ClN3O2. The van der Waals surface area contributed by atoms with Crippen LogP contribution in [0.15, 0.2) is 48.5 Å². The second-order valence-electron chi connectivity index (χ2n) is 7.20. The molecule has 3 aromatic rings. The lowest BCUT2D eigenvalue weighted by molar-refractivity contribution is -0.122. The summed E-state index contributed by atoms with van der Waals surface area (Å²) in [5.74, 6) is 1.26. The Balaban J connectivity index is 1.48. The zero-order valence-corrected chi connectivity index (χ0v) is 16.3. The van der Waals surface area contributed by atoms with Gasteiger partial charge in [0.1, 0.15) is 5.82 Å². The normalized spacial score (nSPS) is 13.6. The SMILES string of the molecule is O=C(Cn1c(CCCNC(=O)C2CC2)nc2ccccc21)c1ccc(Cl)cc1. The Hall–Kier alpha value is -2.66. The van der Waals surface area contributed by atoms with Gasteiger partial charge in [-0.1, -0.05) is 23.7 Å². The van der Waals surface area contributed by atoms with Gasteiger partial charge in [-0.3, -0.25) is 9.59 Å². The van der Waals surface area contributed by atoms with Crippen LogP contribution in [0.2, 0.25) is 5.02 Å². The third-order valence-electron chi connectivity index (χ3n) is 5.03. The molecule has 1 amide bonds. The zero-order valence-electron chi connectivity index (χ0n) is 15.5. The van der Waals surface area contributed by atoms with Crippen LogP contribution in [-0.2, 0) is 17.8 Å². The Labute approximate surface area is 168 Å². The molecule has 144 valence electrons. The number of Topliss-reactive ketones (excluding diaryl/α,β-unsaturated/α-hetero) is 1. The van der Waals surface area contributed by atoms with Crippen LogP contribution < -0.4 is 5.32 Å². The van der Waals surface area contributed by atoms with Crippen LogP contribution in [0.1, 0.15) is 35.4 Å². The fourth-order valence-electron chi connectivity index (χ4n) is 3.31. The van der Waals surface area contributed by atoms with Crippen LogP contribution in [0.4, 0.5) is 0 Å². The minimum atomic E-state index is 0.0168. The van der Waals surface area contributed by atoms with Crippen molar-refractivity contribution in [3.63, 3.8) is 0 Å². The lowest BCUT2D eigenvalue weighted by Crippen LogP contribution is -2.26. The summed E-state index contributed by atoms with van der Waals surface area (Å²) in [6.07, 6.45) is 3.51. The molecule has 5 nitrogen and oxygen atoms in total. The second kappa shape index (κ2) is 8.15. The Morgan fingerprint density at radius 2 is 1.86 bits per heavy atom. The molecule has 1 aliphatic rings. The number of fused-ring (bicyclic) bond motifs is 1. The molecule has 0 aliphatic heterocycles. The van der Waals surface area contributed by atoms with Gasteiger partial charge >= 0.3 is 0 Å². The number of nitrogens with one attached hydrogen (secondary N) is 1. The number of carbonyl (C=O) groups excluding carboxylic acids is 2. The summed E-state index contributed by atoms with van der Waals surface area (Å²) in [5.41, 5.74) is 2.45. The van der Waals surface area contributed by atoms with Gasteiger partial charge in [0, 0.05) is 29.5 Å². The smallest absolute Gasteiger partial charge is 0.223 e. The average Bonchev–Trinajstić information content (AvgIpc) is 3.50. The van der Waals surface area contributed by atoms with Gasteiger partial charge in [-0.05, 0) is 55.7 Å². The summed E-state index contributed by atoms with van der Waals surface area (Å²) in [5, 5.41) is 3.59. The Morgan fingerprint density at radius 3 is 2.61 bits per heavy atom. The number of halogens is 1. The fraction of sp³-hybridized carbons (Fsp3) is 0.318. The van der Waals surface area contributed by atoms with Crippen molar-refractivity contribution in [3.05, 3.63) is 64.9 Å². The van der Waals surface area contributed by atoms with Crippen LogP contribution >= 0.6 is 11.6 Å². The maximum absolute atomic E-state index is 12.8. The van der Waals surface area contributed by atoms with E-state index in [2.05, 4.69) is 5.32 Å². The number of nitrogens with zero attached hydrogens (tertiary/aromatic N) is 2. The van der Waals surface area contributed by atoms with Gasteiger partial charge in [0.2, 0.25) is 5.91 Å². The van der Waals surface area contributed by atoms with Gasteiger partial charge in [-0.2, -0.15) is 0 Å². The maximum Gasteiger partial charge on any atom is 0.223 e. The van der Waals surface area contributed by atoms with E-state index >= 15 is 0 Å². The molecule has 1 saturated carbocycles. The van der Waals surface area contributed by atoms with Crippen molar-refractivity contribution in [2.75, 3.05) is 6.54 Å². The van der Waals surface area contributed by atoms with Crippen molar-refractivity contribution in [2.45, 2.75) is 32.2 Å². The minimum absolute atomic E-state index is 0.0168. The summed E-state index contributed by atoms with van der Waals surface area (Å²) in [7, 11) is 0. The van der Waals surface area contributed by atoms with Gasteiger partial charge in [-0.25, -0.2) is 4.98 Å². The van der Waals surface area contributed by atoms with Crippen molar-refractivity contribution < 1.29 is 9.59 Å². The largest absolute Gasteiger partial charge is 0.356 e. The minimum Gasteiger partial charge on any atom is -0.356 e. The third kappa shape index (κ3) is 4.25. The summed E-state index contributed by atoms with van der Waals surface area (Å²) < 4.78 is 1.98. The van der Waals surface area contributed by atoms with Gasteiger partial charge < -0.3 is 9.88 Å². The van der Waals surface area contributed by atoms with Crippen LogP contribution in [0, 0.1) is 5.92 Å². The molecule has 0 saturated heterocycles. The lowest BCUT2D eigenvalue weighted by atomic mass is 10.1. The van der Waals surface area contributed by atoms with E-state index in [1.165, 1.54) is 0 Å². The van der Waals surface area contributed by atoms with Crippen molar-refractivity contribution in [1.29, 1.82) is 0 Å². The number of aryl methyl sites for hydroxylation is 1. The molecule has 1 N–H and O–H groups in total. The standard InChI is InChI=1S/C22H22ClN3O2/c23-17-11-9-15(10-12-17)20(27)14-26-19-5-2-1-4-18(19)25-21(26)6-3-13-24-22(28)16-7-8-16/h1-2,4-5,9-12,16H,3,6-8,13-14H2,(H,24,28). The number of ketones is 1. The summed E-state index contributed by atoms with van der Waals surface area (Å²) in [4.78, 5) is 29.3. The Bertz CT molecular complexity index is 1010. The molecule has 28 heavy (non-hydrogen) atoms. The molecule has 0 atom stereocenters. The van der Waals surface area contributed by atoms with E-state index in [1.54, 1.807) is 24.3 Å². The predicted molar refractivity (Wildman–Crippen MR) is 110 cm³/mol. The average molecular weight is 396 g/mol. The van der Waals surface area contributed by atoms with Crippen molar-refractivity contribution in [3.8, 4) is 0 Å². The highest BCUT2D eigenvalue weighted by molar-refractivity contribution is 6.30.